The Morgan fingerprint density at radius 1 is 1.25 bits per heavy atom. The number of aryl methyl sites for hydroxylation is 1. The molecule has 2 aromatic rings. The number of hydrogen-bond donors (Lipinski definition) is 1. The van der Waals surface area contributed by atoms with Crippen molar-refractivity contribution >= 4 is 27.4 Å². The van der Waals surface area contributed by atoms with Crippen molar-refractivity contribution in [2.75, 3.05) is 5.32 Å². The van der Waals surface area contributed by atoms with Crippen LogP contribution in [0.15, 0.2) is 40.9 Å². The molecule has 0 aliphatic rings. The van der Waals surface area contributed by atoms with Gasteiger partial charge in [-0.25, -0.2) is 4.98 Å². The molecule has 0 radical (unpaired) electrons. The molecule has 0 unspecified atom stereocenters. The number of rotatable bonds is 2. The molecule has 0 spiro atoms. The van der Waals surface area contributed by atoms with Crippen LogP contribution in [0.4, 0.5) is 15.9 Å². The third-order valence-corrected chi connectivity index (χ3v) is 3.04. The second-order valence-electron chi connectivity index (χ2n) is 3.43. The topological polar surface area (TPSA) is 24.9 Å². The summed E-state index contributed by atoms with van der Waals surface area (Å²) in [5.74, 6) is 0.0144. The lowest BCUT2D eigenvalue weighted by atomic mass is 10.2. The Morgan fingerprint density at radius 2 is 2.06 bits per heavy atom. The number of nitrogens with one attached hydrogen (secondary N) is 1. The molecular formula is C12H10BrFN2. The average Bonchev–Trinajstić information content (AvgIpc) is 2.24. The molecule has 0 aliphatic heterocycles. The van der Waals surface area contributed by atoms with Crippen molar-refractivity contribution in [2.45, 2.75) is 6.92 Å². The molecule has 0 fully saturated rings. The summed E-state index contributed by atoms with van der Waals surface area (Å²) in [6.45, 7) is 1.99. The highest BCUT2D eigenvalue weighted by atomic mass is 79.9. The van der Waals surface area contributed by atoms with Crippen molar-refractivity contribution in [3.8, 4) is 0 Å². The zero-order valence-electron chi connectivity index (χ0n) is 8.67. The molecule has 1 aromatic carbocycles. The van der Waals surface area contributed by atoms with Crippen LogP contribution in [0, 0.1) is 12.9 Å². The molecule has 0 saturated carbocycles. The number of nitrogens with zero attached hydrogens (tertiary/aromatic N) is 1. The first kappa shape index (κ1) is 11.1. The van der Waals surface area contributed by atoms with Crippen LogP contribution < -0.4 is 5.32 Å². The first-order chi connectivity index (χ1) is 7.65. The lowest BCUT2D eigenvalue weighted by Gasteiger charge is -2.07. The van der Waals surface area contributed by atoms with Gasteiger partial charge in [-0.1, -0.05) is 22.0 Å². The van der Waals surface area contributed by atoms with Gasteiger partial charge in [0.25, 0.3) is 0 Å². The normalized spacial score (nSPS) is 10.2. The smallest absolute Gasteiger partial charge is 0.214 e. The number of anilines is 2. The molecule has 0 aliphatic carbocycles. The van der Waals surface area contributed by atoms with Gasteiger partial charge in [0.2, 0.25) is 5.95 Å². The number of hydrogen-bond acceptors (Lipinski definition) is 2. The summed E-state index contributed by atoms with van der Waals surface area (Å²) in [4.78, 5) is 3.73. The highest BCUT2D eigenvalue weighted by molar-refractivity contribution is 9.10. The van der Waals surface area contributed by atoms with Gasteiger partial charge in [-0.15, -0.1) is 0 Å². The summed E-state index contributed by atoms with van der Waals surface area (Å²) in [6, 6.07) is 10.5. The molecule has 82 valence electrons. The molecule has 1 heterocycles. The summed E-state index contributed by atoms with van der Waals surface area (Å²) >= 11 is 3.42. The van der Waals surface area contributed by atoms with Crippen molar-refractivity contribution in [2.24, 2.45) is 0 Å². The van der Waals surface area contributed by atoms with Crippen LogP contribution in [0.1, 0.15) is 5.56 Å². The zero-order chi connectivity index (χ0) is 11.5. The molecule has 16 heavy (non-hydrogen) atoms. The van der Waals surface area contributed by atoms with Crippen molar-refractivity contribution in [3.05, 3.63) is 52.4 Å². The van der Waals surface area contributed by atoms with E-state index in [4.69, 9.17) is 0 Å². The van der Waals surface area contributed by atoms with Gasteiger partial charge < -0.3 is 5.32 Å². The second kappa shape index (κ2) is 4.61. The van der Waals surface area contributed by atoms with E-state index in [9.17, 15) is 4.39 Å². The quantitative estimate of drug-likeness (QED) is 0.840. The van der Waals surface area contributed by atoms with Gasteiger partial charge in [0.15, 0.2) is 0 Å². The Hall–Kier alpha value is -1.42. The standard InChI is InChI=1S/C12H10BrFN2/c1-8-7-9(5-6-10(8)13)15-12-4-2-3-11(14)16-12/h2-7H,1H3,(H,15,16). The van der Waals surface area contributed by atoms with E-state index in [0.717, 1.165) is 15.7 Å². The Kier molecular flexibility index (Phi) is 3.19. The van der Waals surface area contributed by atoms with Crippen LogP contribution in [-0.4, -0.2) is 4.98 Å². The predicted octanol–water partition coefficient (Wildman–Crippen LogP) is 4.04. The van der Waals surface area contributed by atoms with Crippen molar-refractivity contribution in [1.82, 2.24) is 4.98 Å². The summed E-state index contributed by atoms with van der Waals surface area (Å²) < 4.78 is 13.9. The van der Waals surface area contributed by atoms with Gasteiger partial charge in [0.05, 0.1) is 0 Å². The number of aromatic nitrogens is 1. The van der Waals surface area contributed by atoms with Crippen LogP contribution in [0.2, 0.25) is 0 Å². The third kappa shape index (κ3) is 2.58. The Balaban J connectivity index is 2.24. The monoisotopic (exact) mass is 280 g/mol. The minimum Gasteiger partial charge on any atom is -0.340 e. The predicted molar refractivity (Wildman–Crippen MR) is 66.4 cm³/mol. The first-order valence-electron chi connectivity index (χ1n) is 4.81. The maximum absolute atomic E-state index is 12.9. The van der Waals surface area contributed by atoms with E-state index in [2.05, 4.69) is 26.2 Å². The highest BCUT2D eigenvalue weighted by Gasteiger charge is 1.99. The Morgan fingerprint density at radius 3 is 2.75 bits per heavy atom. The summed E-state index contributed by atoms with van der Waals surface area (Å²) in [5.41, 5.74) is 2.00. The third-order valence-electron chi connectivity index (χ3n) is 2.15. The Bertz CT molecular complexity index is 514. The van der Waals surface area contributed by atoms with Crippen LogP contribution in [0.3, 0.4) is 0 Å². The second-order valence-corrected chi connectivity index (χ2v) is 4.29. The van der Waals surface area contributed by atoms with Gasteiger partial charge in [0, 0.05) is 10.2 Å². The minimum atomic E-state index is -0.487. The van der Waals surface area contributed by atoms with Gasteiger partial charge in [0.1, 0.15) is 5.82 Å². The maximum atomic E-state index is 12.9. The molecule has 1 aromatic heterocycles. The molecule has 2 nitrogen and oxygen atoms in total. The lowest BCUT2D eigenvalue weighted by molar-refractivity contribution is 0.585. The molecule has 4 heteroatoms. The van der Waals surface area contributed by atoms with Crippen LogP contribution in [0.5, 0.6) is 0 Å². The van der Waals surface area contributed by atoms with E-state index in [1.54, 1.807) is 12.1 Å². The van der Waals surface area contributed by atoms with E-state index in [1.165, 1.54) is 6.07 Å². The fraction of sp³-hybridized carbons (Fsp3) is 0.0833. The molecular weight excluding hydrogens is 271 g/mol. The van der Waals surface area contributed by atoms with E-state index in [-0.39, 0.29) is 0 Å². The van der Waals surface area contributed by atoms with Crippen LogP contribution in [-0.2, 0) is 0 Å². The lowest BCUT2D eigenvalue weighted by Crippen LogP contribution is -1.95. The molecule has 0 saturated heterocycles. The van der Waals surface area contributed by atoms with Crippen molar-refractivity contribution in [1.29, 1.82) is 0 Å². The van der Waals surface area contributed by atoms with Crippen LogP contribution in [0.25, 0.3) is 0 Å². The number of pyridine rings is 1. The first-order valence-corrected chi connectivity index (χ1v) is 5.60. The van der Waals surface area contributed by atoms with Crippen LogP contribution >= 0.6 is 15.9 Å². The SMILES string of the molecule is Cc1cc(Nc2cccc(F)n2)ccc1Br. The summed E-state index contributed by atoms with van der Waals surface area (Å²) in [5, 5.41) is 3.04. The Labute approximate surface area is 102 Å². The van der Waals surface area contributed by atoms with Crippen molar-refractivity contribution < 1.29 is 4.39 Å². The molecule has 2 rings (SSSR count). The minimum absolute atomic E-state index is 0.487. The fourth-order valence-electron chi connectivity index (χ4n) is 1.35. The van der Waals surface area contributed by atoms with E-state index in [1.807, 2.05) is 25.1 Å². The van der Waals surface area contributed by atoms with Crippen molar-refractivity contribution in [3.63, 3.8) is 0 Å². The average molecular weight is 281 g/mol. The van der Waals surface area contributed by atoms with Gasteiger partial charge in [-0.2, -0.15) is 4.39 Å². The van der Waals surface area contributed by atoms with E-state index >= 15 is 0 Å². The number of benzene rings is 1. The van der Waals surface area contributed by atoms with E-state index < -0.39 is 5.95 Å². The molecule has 1 N–H and O–H groups in total. The maximum Gasteiger partial charge on any atom is 0.214 e. The molecule has 0 bridgehead atoms. The fourth-order valence-corrected chi connectivity index (χ4v) is 1.59. The van der Waals surface area contributed by atoms with Gasteiger partial charge in [-0.05, 0) is 42.8 Å². The zero-order valence-corrected chi connectivity index (χ0v) is 10.3. The number of halogens is 2. The molecule has 0 amide bonds. The summed E-state index contributed by atoms with van der Waals surface area (Å²) in [7, 11) is 0. The summed E-state index contributed by atoms with van der Waals surface area (Å²) in [6.07, 6.45) is 0. The highest BCUT2D eigenvalue weighted by Crippen LogP contribution is 2.22. The van der Waals surface area contributed by atoms with Gasteiger partial charge in [-0.3, -0.25) is 0 Å². The largest absolute Gasteiger partial charge is 0.340 e. The van der Waals surface area contributed by atoms with E-state index in [0.29, 0.717) is 5.82 Å². The van der Waals surface area contributed by atoms with Gasteiger partial charge >= 0.3 is 0 Å². The molecule has 0 atom stereocenters.